The first-order chi connectivity index (χ1) is 15.5. The number of hydrogen-bond acceptors (Lipinski definition) is 6. The van der Waals surface area contributed by atoms with E-state index in [0.29, 0.717) is 11.7 Å². The van der Waals surface area contributed by atoms with E-state index in [0.717, 1.165) is 24.3 Å². The lowest BCUT2D eigenvalue weighted by Gasteiger charge is -2.34. The average Bonchev–Trinajstić information content (AvgIpc) is 2.81. The molecule has 1 atom stereocenters. The van der Waals surface area contributed by atoms with Gasteiger partial charge in [-0.1, -0.05) is 24.1 Å². The van der Waals surface area contributed by atoms with Crippen molar-refractivity contribution in [3.8, 4) is 0 Å². The van der Waals surface area contributed by atoms with Crippen molar-refractivity contribution >= 4 is 40.8 Å². The molecule has 1 saturated heterocycles. The summed E-state index contributed by atoms with van der Waals surface area (Å²) in [7, 11) is 0. The van der Waals surface area contributed by atoms with Crippen molar-refractivity contribution in [2.75, 3.05) is 11.9 Å². The Labute approximate surface area is 195 Å². The van der Waals surface area contributed by atoms with Crippen LogP contribution >= 0.6 is 23.5 Å². The summed E-state index contributed by atoms with van der Waals surface area (Å²) in [5, 5.41) is 13.9. The van der Waals surface area contributed by atoms with E-state index in [4.69, 9.17) is 11.6 Å². The first-order valence-electron chi connectivity index (χ1n) is 10.2. The molecular weight excluding hydrogens is 448 g/mol. The third-order valence-corrected chi connectivity index (χ3v) is 6.75. The lowest BCUT2D eigenvalue weighted by Crippen LogP contribution is -2.27. The Morgan fingerprint density at radius 2 is 2.00 bits per heavy atom. The van der Waals surface area contributed by atoms with Crippen LogP contribution in [0, 0.1) is 10.1 Å². The van der Waals surface area contributed by atoms with Crippen molar-refractivity contribution in [3.63, 3.8) is 0 Å². The van der Waals surface area contributed by atoms with Crippen LogP contribution in [0.15, 0.2) is 71.9 Å². The summed E-state index contributed by atoms with van der Waals surface area (Å²) in [4.78, 5) is 28.3. The van der Waals surface area contributed by atoms with Gasteiger partial charge in [0.25, 0.3) is 11.6 Å². The predicted octanol–water partition coefficient (Wildman–Crippen LogP) is 6.13. The highest BCUT2D eigenvalue weighted by atomic mass is 35.5. The first kappa shape index (κ1) is 22.3. The molecule has 0 radical (unpaired) electrons. The number of carbonyl (C=O) groups excluding carboxylic acids is 1. The average molecular weight is 469 g/mol. The van der Waals surface area contributed by atoms with Crippen LogP contribution in [0.1, 0.15) is 41.2 Å². The van der Waals surface area contributed by atoms with Gasteiger partial charge in [0.2, 0.25) is 0 Å². The molecule has 0 bridgehead atoms. The maximum Gasteiger partial charge on any atom is 0.270 e. The van der Waals surface area contributed by atoms with E-state index in [1.54, 1.807) is 18.1 Å². The highest BCUT2D eigenvalue weighted by Crippen LogP contribution is 2.38. The van der Waals surface area contributed by atoms with E-state index in [2.05, 4.69) is 20.7 Å². The van der Waals surface area contributed by atoms with Gasteiger partial charge in [0.05, 0.1) is 15.5 Å². The Hall–Kier alpha value is -2.94. The topological polar surface area (TPSA) is 88.4 Å². The highest BCUT2D eigenvalue weighted by molar-refractivity contribution is 7.97. The molecule has 2 heterocycles. The van der Waals surface area contributed by atoms with Gasteiger partial charge < -0.3 is 5.32 Å². The lowest BCUT2D eigenvalue weighted by molar-refractivity contribution is -0.384. The monoisotopic (exact) mass is 468 g/mol. The van der Waals surface area contributed by atoms with Crippen molar-refractivity contribution in [2.24, 2.45) is 0 Å². The standard InChI is InChI=1S/C23H21ClN4O3S/c24-21-11-8-18(28(30)31)14-20(21)23(29)26-17-6-9-19(10-7-17)32-27-13-2-1-5-22(27)16-4-3-12-25-15-16/h3-4,6-12,14-15,22H,1-2,5,13H2,(H,26,29). The Morgan fingerprint density at radius 1 is 1.19 bits per heavy atom. The maximum atomic E-state index is 12.6. The molecule has 9 heteroatoms. The van der Waals surface area contributed by atoms with Gasteiger partial charge in [-0.2, -0.15) is 0 Å². The number of non-ortho nitro benzene ring substituents is 1. The van der Waals surface area contributed by atoms with Crippen molar-refractivity contribution in [3.05, 3.63) is 93.3 Å². The van der Waals surface area contributed by atoms with Crippen LogP contribution in [0.2, 0.25) is 5.02 Å². The van der Waals surface area contributed by atoms with Crippen LogP contribution in [0.5, 0.6) is 0 Å². The number of amides is 1. The highest BCUT2D eigenvalue weighted by Gasteiger charge is 2.25. The zero-order chi connectivity index (χ0) is 22.5. The molecule has 1 fully saturated rings. The number of nitrogens with one attached hydrogen (secondary N) is 1. The van der Waals surface area contributed by atoms with Gasteiger partial charge in [-0.15, -0.1) is 0 Å². The van der Waals surface area contributed by atoms with Crippen LogP contribution in [0.3, 0.4) is 0 Å². The lowest BCUT2D eigenvalue weighted by atomic mass is 9.99. The van der Waals surface area contributed by atoms with E-state index in [-0.39, 0.29) is 16.3 Å². The number of pyridine rings is 1. The van der Waals surface area contributed by atoms with E-state index in [9.17, 15) is 14.9 Å². The van der Waals surface area contributed by atoms with Crippen molar-refractivity contribution < 1.29 is 9.72 Å². The number of piperidine rings is 1. The zero-order valence-corrected chi connectivity index (χ0v) is 18.7. The number of rotatable bonds is 6. The van der Waals surface area contributed by atoms with E-state index in [1.165, 1.54) is 30.2 Å². The summed E-state index contributed by atoms with van der Waals surface area (Å²) in [6.45, 7) is 0.994. The Kier molecular flexibility index (Phi) is 7.04. The smallest absolute Gasteiger partial charge is 0.270 e. The number of carbonyl (C=O) groups is 1. The Bertz CT molecular complexity index is 1110. The zero-order valence-electron chi connectivity index (χ0n) is 17.1. The van der Waals surface area contributed by atoms with Gasteiger partial charge in [-0.3, -0.25) is 19.9 Å². The minimum atomic E-state index is -0.557. The van der Waals surface area contributed by atoms with Crippen LogP contribution in [-0.2, 0) is 0 Å². The number of halogens is 1. The fourth-order valence-corrected chi connectivity index (χ4v) is 4.96. The molecule has 3 aromatic rings. The molecule has 1 unspecified atom stereocenters. The number of nitrogens with zero attached hydrogens (tertiary/aromatic N) is 3. The summed E-state index contributed by atoms with van der Waals surface area (Å²) in [6.07, 6.45) is 7.17. The second kappa shape index (κ2) is 10.1. The van der Waals surface area contributed by atoms with Gasteiger partial charge in [-0.25, -0.2) is 4.31 Å². The molecule has 1 aromatic heterocycles. The molecule has 1 N–H and O–H groups in total. The fourth-order valence-electron chi connectivity index (χ4n) is 3.65. The van der Waals surface area contributed by atoms with Gasteiger partial charge in [-0.05, 0) is 66.8 Å². The number of benzene rings is 2. The largest absolute Gasteiger partial charge is 0.322 e. The van der Waals surface area contributed by atoms with Crippen LogP contribution in [0.4, 0.5) is 11.4 Å². The molecule has 1 aliphatic rings. The van der Waals surface area contributed by atoms with E-state index >= 15 is 0 Å². The number of nitro groups is 1. The maximum absolute atomic E-state index is 12.6. The van der Waals surface area contributed by atoms with Gasteiger partial charge in [0, 0.05) is 47.7 Å². The summed E-state index contributed by atoms with van der Waals surface area (Å²) < 4.78 is 2.39. The molecule has 0 spiro atoms. The molecule has 7 nitrogen and oxygen atoms in total. The van der Waals surface area contributed by atoms with Gasteiger partial charge in [0.15, 0.2) is 0 Å². The third-order valence-electron chi connectivity index (χ3n) is 5.26. The summed E-state index contributed by atoms with van der Waals surface area (Å²) in [5.41, 5.74) is 1.68. The van der Waals surface area contributed by atoms with Crippen molar-refractivity contribution in [1.29, 1.82) is 0 Å². The van der Waals surface area contributed by atoms with Crippen molar-refractivity contribution in [1.82, 2.24) is 9.29 Å². The van der Waals surface area contributed by atoms with Crippen LogP contribution < -0.4 is 5.32 Å². The fraction of sp³-hybridized carbons (Fsp3) is 0.217. The second-order valence-electron chi connectivity index (χ2n) is 7.43. The quantitative estimate of drug-likeness (QED) is 0.266. The molecular formula is C23H21ClN4O3S. The number of hydrogen-bond donors (Lipinski definition) is 1. The third kappa shape index (κ3) is 5.27. The van der Waals surface area contributed by atoms with E-state index < -0.39 is 10.8 Å². The Morgan fingerprint density at radius 3 is 2.72 bits per heavy atom. The second-order valence-corrected chi connectivity index (χ2v) is 8.96. The predicted molar refractivity (Wildman–Crippen MR) is 126 cm³/mol. The van der Waals surface area contributed by atoms with Crippen LogP contribution in [0.25, 0.3) is 0 Å². The molecule has 0 aliphatic carbocycles. The SMILES string of the molecule is O=C(Nc1ccc(SN2CCCCC2c2cccnc2)cc1)c1cc([N+](=O)[O-])ccc1Cl. The molecule has 32 heavy (non-hydrogen) atoms. The normalized spacial score (nSPS) is 16.5. The molecule has 164 valence electrons. The molecule has 1 amide bonds. The minimum Gasteiger partial charge on any atom is -0.322 e. The molecule has 0 saturated carbocycles. The summed E-state index contributed by atoms with van der Waals surface area (Å²) >= 11 is 7.76. The molecule has 1 aliphatic heterocycles. The van der Waals surface area contributed by atoms with Gasteiger partial charge >= 0.3 is 0 Å². The van der Waals surface area contributed by atoms with Gasteiger partial charge in [0.1, 0.15) is 0 Å². The Balaban J connectivity index is 1.44. The van der Waals surface area contributed by atoms with E-state index in [1.807, 2.05) is 36.5 Å². The summed E-state index contributed by atoms with van der Waals surface area (Å²) in [6, 6.07) is 15.7. The van der Waals surface area contributed by atoms with Crippen molar-refractivity contribution in [2.45, 2.75) is 30.2 Å². The number of aromatic nitrogens is 1. The summed E-state index contributed by atoms with van der Waals surface area (Å²) in [5.74, 6) is -0.494. The first-order valence-corrected chi connectivity index (χ1v) is 11.4. The van der Waals surface area contributed by atoms with Crippen LogP contribution in [-0.4, -0.2) is 26.7 Å². The minimum absolute atomic E-state index is 0.0620. The number of anilines is 1. The molecule has 4 rings (SSSR count). The number of nitro benzene ring substituents is 1. The molecule has 2 aromatic carbocycles.